The number of amides is 1. The molecule has 1 saturated heterocycles. The van der Waals surface area contributed by atoms with Crippen molar-refractivity contribution in [2.45, 2.75) is 19.4 Å². The van der Waals surface area contributed by atoms with Gasteiger partial charge in [0, 0.05) is 25.2 Å². The number of likely N-dealkylation sites (N-methyl/N-ethyl adjacent to an activating group) is 1. The molecular weight excluding hydrogens is 265 g/mol. The third kappa shape index (κ3) is 2.77. The zero-order valence-corrected chi connectivity index (χ0v) is 11.1. The van der Waals surface area contributed by atoms with Gasteiger partial charge in [0.15, 0.2) is 0 Å². The molecule has 1 aromatic rings. The average molecular weight is 281 g/mol. The van der Waals surface area contributed by atoms with E-state index in [9.17, 15) is 19.3 Å². The molecule has 1 fully saturated rings. The maximum absolute atomic E-state index is 13.9. The van der Waals surface area contributed by atoms with Crippen LogP contribution in [0, 0.1) is 15.9 Å². The van der Waals surface area contributed by atoms with Gasteiger partial charge in [-0.05, 0) is 26.0 Å². The molecule has 108 valence electrons. The summed E-state index contributed by atoms with van der Waals surface area (Å²) in [5.41, 5.74) is -0.478. The second kappa shape index (κ2) is 5.96. The predicted octanol–water partition coefficient (Wildman–Crippen LogP) is 1.56. The number of carbonyl (C=O) groups excluding carboxylic acids is 1. The van der Waals surface area contributed by atoms with Gasteiger partial charge in [0.1, 0.15) is 5.82 Å². The molecule has 1 unspecified atom stereocenters. The van der Waals surface area contributed by atoms with Crippen LogP contribution >= 0.6 is 0 Å². The zero-order valence-electron chi connectivity index (χ0n) is 11.1. The molecular formula is C13H16FN3O3. The molecule has 1 aromatic carbocycles. The molecule has 7 heteroatoms. The lowest BCUT2D eigenvalue weighted by molar-refractivity contribution is -0.385. The fourth-order valence-corrected chi connectivity index (χ4v) is 2.42. The first-order valence-corrected chi connectivity index (χ1v) is 6.50. The number of benzene rings is 1. The topological polar surface area (TPSA) is 75.5 Å². The van der Waals surface area contributed by atoms with Crippen LogP contribution in [-0.2, 0) is 0 Å². The summed E-state index contributed by atoms with van der Waals surface area (Å²) in [7, 11) is 0. The molecule has 0 saturated carbocycles. The number of rotatable bonds is 4. The van der Waals surface area contributed by atoms with E-state index in [1.807, 2.05) is 6.92 Å². The summed E-state index contributed by atoms with van der Waals surface area (Å²) >= 11 is 0. The van der Waals surface area contributed by atoms with Gasteiger partial charge in [-0.2, -0.15) is 0 Å². The van der Waals surface area contributed by atoms with Crippen molar-refractivity contribution in [2.24, 2.45) is 0 Å². The quantitative estimate of drug-likeness (QED) is 0.671. The second-order valence-electron chi connectivity index (χ2n) is 4.66. The van der Waals surface area contributed by atoms with Crippen molar-refractivity contribution in [1.82, 2.24) is 10.2 Å². The largest absolute Gasteiger partial charge is 0.335 e. The number of carbonyl (C=O) groups is 1. The molecule has 1 aliphatic heterocycles. The van der Waals surface area contributed by atoms with Gasteiger partial charge < -0.3 is 10.2 Å². The van der Waals surface area contributed by atoms with Crippen LogP contribution in [0.3, 0.4) is 0 Å². The van der Waals surface area contributed by atoms with E-state index in [0.717, 1.165) is 25.1 Å². The minimum atomic E-state index is -0.853. The molecule has 2 rings (SSSR count). The fraction of sp³-hybridized carbons (Fsp3) is 0.462. The number of hydrogen-bond donors (Lipinski definition) is 1. The predicted molar refractivity (Wildman–Crippen MR) is 71.0 cm³/mol. The van der Waals surface area contributed by atoms with E-state index in [2.05, 4.69) is 5.32 Å². The first kappa shape index (κ1) is 14.4. The molecule has 0 aromatic heterocycles. The molecule has 0 bridgehead atoms. The molecule has 1 amide bonds. The Hall–Kier alpha value is -2.02. The first-order chi connectivity index (χ1) is 9.54. The van der Waals surface area contributed by atoms with E-state index < -0.39 is 16.6 Å². The summed E-state index contributed by atoms with van der Waals surface area (Å²) in [6.07, 6.45) is 0.828. The van der Waals surface area contributed by atoms with Crippen molar-refractivity contribution in [3.05, 3.63) is 39.7 Å². The Morgan fingerprint density at radius 1 is 1.60 bits per heavy atom. The third-order valence-corrected chi connectivity index (χ3v) is 3.47. The lowest BCUT2D eigenvalue weighted by Gasteiger charge is -2.27. The molecule has 0 aliphatic carbocycles. The van der Waals surface area contributed by atoms with E-state index in [1.54, 1.807) is 4.90 Å². The number of hydrogen-bond acceptors (Lipinski definition) is 4. The monoisotopic (exact) mass is 281 g/mol. The van der Waals surface area contributed by atoms with Crippen molar-refractivity contribution >= 4 is 11.6 Å². The van der Waals surface area contributed by atoms with Crippen LogP contribution in [0.2, 0.25) is 0 Å². The van der Waals surface area contributed by atoms with Crippen LogP contribution < -0.4 is 5.32 Å². The molecule has 1 heterocycles. The van der Waals surface area contributed by atoms with Crippen LogP contribution in [0.25, 0.3) is 0 Å². The highest BCUT2D eigenvalue weighted by Gasteiger charge is 2.28. The highest BCUT2D eigenvalue weighted by atomic mass is 19.1. The summed E-state index contributed by atoms with van der Waals surface area (Å²) in [6.45, 7) is 3.83. The lowest BCUT2D eigenvalue weighted by Crippen LogP contribution is -2.41. The normalized spacial score (nSPS) is 18.0. The maximum atomic E-state index is 13.9. The lowest BCUT2D eigenvalue weighted by atomic mass is 10.1. The Morgan fingerprint density at radius 3 is 2.85 bits per heavy atom. The van der Waals surface area contributed by atoms with E-state index in [-0.39, 0.29) is 17.3 Å². The Bertz CT molecular complexity index is 530. The van der Waals surface area contributed by atoms with Crippen LogP contribution in [-0.4, -0.2) is 41.4 Å². The number of nitrogens with zero attached hydrogens (tertiary/aromatic N) is 2. The minimum Gasteiger partial charge on any atom is -0.335 e. The van der Waals surface area contributed by atoms with E-state index in [4.69, 9.17) is 0 Å². The highest BCUT2D eigenvalue weighted by Crippen LogP contribution is 2.20. The number of halogens is 1. The van der Waals surface area contributed by atoms with Crippen LogP contribution in [0.4, 0.5) is 10.1 Å². The van der Waals surface area contributed by atoms with E-state index in [0.29, 0.717) is 13.1 Å². The van der Waals surface area contributed by atoms with Gasteiger partial charge in [-0.3, -0.25) is 14.9 Å². The second-order valence-corrected chi connectivity index (χ2v) is 4.66. The van der Waals surface area contributed by atoms with Crippen molar-refractivity contribution in [3.63, 3.8) is 0 Å². The standard InChI is InChI=1S/C13H16FN3O3/c1-2-16(10-5-6-15-8-10)13(18)11-4-3-9(17(19)20)7-12(11)14/h3-4,7,10,15H,2,5-6,8H2,1H3. The van der Waals surface area contributed by atoms with E-state index in [1.165, 1.54) is 6.07 Å². The van der Waals surface area contributed by atoms with Crippen molar-refractivity contribution in [1.29, 1.82) is 0 Å². The zero-order chi connectivity index (χ0) is 14.7. The fourth-order valence-electron chi connectivity index (χ4n) is 2.42. The number of non-ortho nitro benzene ring substituents is 1. The van der Waals surface area contributed by atoms with Gasteiger partial charge in [-0.25, -0.2) is 4.39 Å². The van der Waals surface area contributed by atoms with Crippen molar-refractivity contribution < 1.29 is 14.1 Å². The molecule has 1 aliphatic rings. The molecule has 6 nitrogen and oxygen atoms in total. The number of nitro groups is 1. The van der Waals surface area contributed by atoms with Gasteiger partial charge in [-0.15, -0.1) is 0 Å². The Labute approximate surface area is 115 Å². The van der Waals surface area contributed by atoms with Gasteiger partial charge >= 0.3 is 0 Å². The average Bonchev–Trinajstić information content (AvgIpc) is 2.93. The van der Waals surface area contributed by atoms with Gasteiger partial charge in [0.2, 0.25) is 0 Å². The first-order valence-electron chi connectivity index (χ1n) is 6.50. The SMILES string of the molecule is CCN(C(=O)c1ccc([N+](=O)[O-])cc1F)C1CCNC1. The molecule has 20 heavy (non-hydrogen) atoms. The Morgan fingerprint density at radius 2 is 2.35 bits per heavy atom. The van der Waals surface area contributed by atoms with Crippen LogP contribution in [0.1, 0.15) is 23.7 Å². The molecule has 1 atom stereocenters. The third-order valence-electron chi connectivity index (χ3n) is 3.47. The minimum absolute atomic E-state index is 0.0436. The Kier molecular flexibility index (Phi) is 4.29. The van der Waals surface area contributed by atoms with Crippen molar-refractivity contribution in [3.8, 4) is 0 Å². The van der Waals surface area contributed by atoms with Gasteiger partial charge in [-0.1, -0.05) is 0 Å². The smallest absolute Gasteiger partial charge is 0.272 e. The summed E-state index contributed by atoms with van der Waals surface area (Å²) in [5.74, 6) is -1.28. The van der Waals surface area contributed by atoms with Crippen LogP contribution in [0.5, 0.6) is 0 Å². The highest BCUT2D eigenvalue weighted by molar-refractivity contribution is 5.95. The molecule has 1 N–H and O–H groups in total. The van der Waals surface area contributed by atoms with Gasteiger partial charge in [0.25, 0.3) is 11.6 Å². The van der Waals surface area contributed by atoms with Crippen molar-refractivity contribution in [2.75, 3.05) is 19.6 Å². The molecule has 0 radical (unpaired) electrons. The Balaban J connectivity index is 2.25. The summed E-state index contributed by atoms with van der Waals surface area (Å²) in [5, 5.41) is 13.7. The van der Waals surface area contributed by atoms with Crippen LogP contribution in [0.15, 0.2) is 18.2 Å². The van der Waals surface area contributed by atoms with Gasteiger partial charge in [0.05, 0.1) is 16.6 Å². The van der Waals surface area contributed by atoms with E-state index >= 15 is 0 Å². The summed E-state index contributed by atoms with van der Waals surface area (Å²) < 4.78 is 13.9. The maximum Gasteiger partial charge on any atom is 0.272 e. The number of nitrogens with one attached hydrogen (secondary N) is 1. The summed E-state index contributed by atoms with van der Waals surface area (Å²) in [6, 6.07) is 3.16. The number of nitro benzene ring substituents is 1. The summed E-state index contributed by atoms with van der Waals surface area (Å²) in [4.78, 5) is 23.8. The molecule has 0 spiro atoms.